The number of ether oxygens (including phenoxy) is 1. The molecule has 80 valence electrons. The van der Waals surface area contributed by atoms with Gasteiger partial charge in [0.1, 0.15) is 6.54 Å². The zero-order valence-corrected chi connectivity index (χ0v) is 7.95. The van der Waals surface area contributed by atoms with Crippen LogP contribution in [0.5, 0.6) is 0 Å². The van der Waals surface area contributed by atoms with Crippen LogP contribution in [0.1, 0.15) is 6.92 Å². The summed E-state index contributed by atoms with van der Waals surface area (Å²) >= 11 is 0. The molecule has 0 bridgehead atoms. The highest BCUT2D eigenvalue weighted by Gasteiger charge is 2.44. The molecule has 1 aliphatic rings. The molecule has 0 aromatic heterocycles. The average Bonchev–Trinajstić information content (AvgIpc) is 2.44. The van der Waals surface area contributed by atoms with Gasteiger partial charge in [-0.1, -0.05) is 0 Å². The molecule has 1 heterocycles. The summed E-state index contributed by atoms with van der Waals surface area (Å²) in [5, 5.41) is 10.7. The standard InChI is InChI=1S/C8H14N2O4/c1-8(4-14-3-5(8)9)7(13)10-2-6(11)12/h5H,2-4,9H2,1H3,(H,10,13)(H,11,12). The van der Waals surface area contributed by atoms with Crippen molar-refractivity contribution < 1.29 is 19.4 Å². The SMILES string of the molecule is CC1(C(=O)NCC(=O)O)COCC1N. The van der Waals surface area contributed by atoms with E-state index in [2.05, 4.69) is 5.32 Å². The molecular formula is C8H14N2O4. The van der Waals surface area contributed by atoms with Crippen molar-refractivity contribution in [2.24, 2.45) is 11.1 Å². The Labute approximate surface area is 81.4 Å². The van der Waals surface area contributed by atoms with Gasteiger partial charge < -0.3 is 20.9 Å². The monoisotopic (exact) mass is 202 g/mol. The second kappa shape index (κ2) is 3.93. The normalized spacial score (nSPS) is 31.4. The van der Waals surface area contributed by atoms with E-state index in [9.17, 15) is 9.59 Å². The fourth-order valence-electron chi connectivity index (χ4n) is 1.28. The third-order valence-corrected chi connectivity index (χ3v) is 2.44. The summed E-state index contributed by atoms with van der Waals surface area (Å²) in [6.07, 6.45) is 0. The summed E-state index contributed by atoms with van der Waals surface area (Å²) in [6, 6.07) is -0.378. The minimum atomic E-state index is -1.07. The minimum Gasteiger partial charge on any atom is -0.480 e. The fraction of sp³-hybridized carbons (Fsp3) is 0.750. The van der Waals surface area contributed by atoms with Gasteiger partial charge in [0, 0.05) is 6.04 Å². The second-order valence-corrected chi connectivity index (χ2v) is 3.62. The quantitative estimate of drug-likeness (QED) is 0.519. The number of nitrogens with one attached hydrogen (secondary N) is 1. The zero-order valence-electron chi connectivity index (χ0n) is 7.95. The van der Waals surface area contributed by atoms with Gasteiger partial charge in [0.05, 0.1) is 18.6 Å². The Hall–Kier alpha value is -1.14. The van der Waals surface area contributed by atoms with Gasteiger partial charge >= 0.3 is 5.97 Å². The topological polar surface area (TPSA) is 102 Å². The molecule has 0 spiro atoms. The molecule has 6 nitrogen and oxygen atoms in total. The molecule has 2 unspecified atom stereocenters. The van der Waals surface area contributed by atoms with Crippen LogP contribution in [0.2, 0.25) is 0 Å². The predicted molar refractivity (Wildman–Crippen MR) is 47.5 cm³/mol. The molecule has 1 fully saturated rings. The third-order valence-electron chi connectivity index (χ3n) is 2.44. The number of carboxylic acids is 1. The van der Waals surface area contributed by atoms with Crippen LogP contribution < -0.4 is 11.1 Å². The van der Waals surface area contributed by atoms with Crippen LogP contribution in [-0.4, -0.2) is 42.8 Å². The van der Waals surface area contributed by atoms with Crippen molar-refractivity contribution in [1.82, 2.24) is 5.32 Å². The highest BCUT2D eigenvalue weighted by Crippen LogP contribution is 2.26. The van der Waals surface area contributed by atoms with Crippen molar-refractivity contribution in [1.29, 1.82) is 0 Å². The molecule has 1 saturated heterocycles. The zero-order chi connectivity index (χ0) is 10.8. The lowest BCUT2D eigenvalue weighted by Gasteiger charge is -2.24. The largest absolute Gasteiger partial charge is 0.480 e. The van der Waals surface area contributed by atoms with Gasteiger partial charge in [-0.15, -0.1) is 0 Å². The third kappa shape index (κ3) is 2.02. The maximum Gasteiger partial charge on any atom is 0.322 e. The molecule has 14 heavy (non-hydrogen) atoms. The summed E-state index contributed by atoms with van der Waals surface area (Å²) in [5.74, 6) is -1.45. The molecule has 1 aliphatic heterocycles. The van der Waals surface area contributed by atoms with Gasteiger partial charge in [0.25, 0.3) is 0 Å². The first kappa shape index (κ1) is 10.9. The number of nitrogens with two attached hydrogens (primary N) is 1. The molecule has 0 saturated carbocycles. The number of carboxylic acid groups (broad SMARTS) is 1. The number of hydrogen-bond acceptors (Lipinski definition) is 4. The van der Waals surface area contributed by atoms with Crippen LogP contribution in [0.3, 0.4) is 0 Å². The lowest BCUT2D eigenvalue weighted by atomic mass is 9.85. The Balaban J connectivity index is 2.54. The Bertz CT molecular complexity index is 256. The van der Waals surface area contributed by atoms with E-state index in [0.717, 1.165) is 0 Å². The van der Waals surface area contributed by atoms with Crippen LogP contribution >= 0.6 is 0 Å². The Morgan fingerprint density at radius 1 is 1.71 bits per heavy atom. The first-order chi connectivity index (χ1) is 6.47. The van der Waals surface area contributed by atoms with E-state index < -0.39 is 11.4 Å². The highest BCUT2D eigenvalue weighted by atomic mass is 16.5. The average molecular weight is 202 g/mol. The van der Waals surface area contributed by atoms with Crippen molar-refractivity contribution >= 4 is 11.9 Å². The minimum absolute atomic E-state index is 0.236. The maximum absolute atomic E-state index is 11.5. The summed E-state index contributed by atoms with van der Waals surface area (Å²) in [6.45, 7) is 1.85. The van der Waals surface area contributed by atoms with Crippen molar-refractivity contribution in [2.75, 3.05) is 19.8 Å². The van der Waals surface area contributed by atoms with Gasteiger partial charge in [0.2, 0.25) is 5.91 Å². The van der Waals surface area contributed by atoms with Gasteiger partial charge in [-0.3, -0.25) is 9.59 Å². The number of aliphatic carboxylic acids is 1. The molecule has 0 aliphatic carbocycles. The molecule has 6 heteroatoms. The Kier molecular flexibility index (Phi) is 3.07. The summed E-state index contributed by atoms with van der Waals surface area (Å²) in [5.41, 5.74) is 4.88. The first-order valence-electron chi connectivity index (χ1n) is 4.30. The smallest absolute Gasteiger partial charge is 0.322 e. The fourth-order valence-corrected chi connectivity index (χ4v) is 1.28. The predicted octanol–water partition coefficient (Wildman–Crippen LogP) is -1.45. The molecule has 4 N–H and O–H groups in total. The molecule has 2 atom stereocenters. The van der Waals surface area contributed by atoms with E-state index in [-0.39, 0.29) is 25.1 Å². The van der Waals surface area contributed by atoms with Gasteiger partial charge in [-0.25, -0.2) is 0 Å². The van der Waals surface area contributed by atoms with Crippen molar-refractivity contribution in [2.45, 2.75) is 13.0 Å². The summed E-state index contributed by atoms with van der Waals surface area (Å²) < 4.78 is 5.07. The molecule has 1 rings (SSSR count). The van der Waals surface area contributed by atoms with E-state index in [0.29, 0.717) is 6.61 Å². The highest BCUT2D eigenvalue weighted by molar-refractivity contribution is 5.86. The summed E-state index contributed by atoms with van der Waals surface area (Å²) in [7, 11) is 0. The number of hydrogen-bond donors (Lipinski definition) is 3. The molecule has 0 aromatic carbocycles. The molecule has 1 amide bonds. The van der Waals surface area contributed by atoms with Crippen LogP contribution in [0.15, 0.2) is 0 Å². The molecule has 0 radical (unpaired) electrons. The van der Waals surface area contributed by atoms with E-state index >= 15 is 0 Å². The molecule has 0 aromatic rings. The second-order valence-electron chi connectivity index (χ2n) is 3.62. The lowest BCUT2D eigenvalue weighted by molar-refractivity contribution is -0.140. The van der Waals surface area contributed by atoms with Crippen LogP contribution in [0.25, 0.3) is 0 Å². The van der Waals surface area contributed by atoms with E-state index in [4.69, 9.17) is 15.6 Å². The van der Waals surface area contributed by atoms with Crippen molar-refractivity contribution in [3.63, 3.8) is 0 Å². The number of carbonyl (C=O) groups excluding carboxylic acids is 1. The van der Waals surface area contributed by atoms with E-state index in [1.54, 1.807) is 6.92 Å². The first-order valence-corrected chi connectivity index (χ1v) is 4.30. The molecular weight excluding hydrogens is 188 g/mol. The lowest BCUT2D eigenvalue weighted by Crippen LogP contribution is -2.50. The number of amides is 1. The van der Waals surface area contributed by atoms with Gasteiger partial charge in [-0.2, -0.15) is 0 Å². The summed E-state index contributed by atoms with van der Waals surface area (Å²) in [4.78, 5) is 21.8. The van der Waals surface area contributed by atoms with Gasteiger partial charge in [-0.05, 0) is 6.92 Å². The van der Waals surface area contributed by atoms with E-state index in [1.165, 1.54) is 0 Å². The van der Waals surface area contributed by atoms with Crippen LogP contribution in [0.4, 0.5) is 0 Å². The maximum atomic E-state index is 11.5. The number of rotatable bonds is 3. The Morgan fingerprint density at radius 3 is 2.79 bits per heavy atom. The van der Waals surface area contributed by atoms with Gasteiger partial charge in [0.15, 0.2) is 0 Å². The van der Waals surface area contributed by atoms with Crippen LogP contribution in [-0.2, 0) is 14.3 Å². The number of carbonyl (C=O) groups is 2. The van der Waals surface area contributed by atoms with Crippen molar-refractivity contribution in [3.05, 3.63) is 0 Å². The van der Waals surface area contributed by atoms with Crippen LogP contribution in [0, 0.1) is 5.41 Å². The van der Waals surface area contributed by atoms with E-state index in [1.807, 2.05) is 0 Å². The van der Waals surface area contributed by atoms with Crippen molar-refractivity contribution in [3.8, 4) is 0 Å². The Morgan fingerprint density at radius 2 is 2.36 bits per heavy atom.